The van der Waals surface area contributed by atoms with Gasteiger partial charge in [0.25, 0.3) is 0 Å². The molecule has 13 heavy (non-hydrogen) atoms. The molecule has 0 saturated heterocycles. The molecule has 0 unspecified atom stereocenters. The van der Waals surface area contributed by atoms with Gasteiger partial charge in [0.2, 0.25) is 0 Å². The Kier molecular flexibility index (Phi) is 6.60. The van der Waals surface area contributed by atoms with Crippen LogP contribution in [0.5, 0.6) is 5.75 Å². The molecule has 0 atom stereocenters. The molecular formula is C11H17NO. The summed E-state index contributed by atoms with van der Waals surface area (Å²) in [6, 6.07) is 9.50. The van der Waals surface area contributed by atoms with Gasteiger partial charge in [-0.15, -0.1) is 0 Å². The van der Waals surface area contributed by atoms with Crippen molar-refractivity contribution in [3.63, 3.8) is 0 Å². The van der Waals surface area contributed by atoms with Crippen molar-refractivity contribution in [1.82, 2.24) is 0 Å². The summed E-state index contributed by atoms with van der Waals surface area (Å²) in [6.07, 6.45) is 0. The van der Waals surface area contributed by atoms with Crippen LogP contribution in [0.25, 0.3) is 0 Å². The molecule has 0 aliphatic rings. The first kappa shape index (κ1) is 11.7. The number of hydrogen-bond acceptors (Lipinski definition) is 2. The fraction of sp³-hybridized carbons (Fsp3) is 0.364. The fourth-order valence-electron chi connectivity index (χ4n) is 0.625. The average Bonchev–Trinajstić information content (AvgIpc) is 2.19. The Morgan fingerprint density at radius 2 is 1.62 bits per heavy atom. The zero-order chi connectivity index (χ0) is 10.1. The van der Waals surface area contributed by atoms with E-state index in [4.69, 9.17) is 4.84 Å². The molecule has 0 saturated carbocycles. The number of hydrogen-bond donors (Lipinski definition) is 0. The maximum Gasteiger partial charge on any atom is 0.157 e. The van der Waals surface area contributed by atoms with Crippen molar-refractivity contribution in [2.75, 3.05) is 0 Å². The molecule has 0 aromatic heterocycles. The minimum Gasteiger partial charge on any atom is -0.357 e. The minimum absolute atomic E-state index is 0.772. The lowest BCUT2D eigenvalue weighted by Crippen LogP contribution is -1.87. The molecule has 0 amide bonds. The maximum atomic E-state index is 5.06. The Hall–Kier alpha value is -1.31. The summed E-state index contributed by atoms with van der Waals surface area (Å²) in [7, 11) is 0. The van der Waals surface area contributed by atoms with Crippen LogP contribution in [-0.2, 0) is 0 Å². The van der Waals surface area contributed by atoms with Gasteiger partial charge in [-0.3, -0.25) is 0 Å². The zero-order valence-corrected chi connectivity index (χ0v) is 8.74. The van der Waals surface area contributed by atoms with Crippen molar-refractivity contribution in [3.05, 3.63) is 30.3 Å². The predicted octanol–water partition coefficient (Wildman–Crippen LogP) is 3.49. The van der Waals surface area contributed by atoms with E-state index in [0.29, 0.717) is 0 Å². The Bertz CT molecular complexity index is 238. The van der Waals surface area contributed by atoms with Crippen molar-refractivity contribution in [3.8, 4) is 5.75 Å². The van der Waals surface area contributed by atoms with Gasteiger partial charge in [-0.2, -0.15) is 0 Å². The molecule has 1 aromatic carbocycles. The van der Waals surface area contributed by atoms with E-state index in [1.54, 1.807) is 0 Å². The van der Waals surface area contributed by atoms with Gasteiger partial charge in [0.1, 0.15) is 0 Å². The van der Waals surface area contributed by atoms with Crippen molar-refractivity contribution in [2.24, 2.45) is 5.16 Å². The van der Waals surface area contributed by atoms with Gasteiger partial charge in [0.15, 0.2) is 5.75 Å². The van der Waals surface area contributed by atoms with Gasteiger partial charge < -0.3 is 4.84 Å². The summed E-state index contributed by atoms with van der Waals surface area (Å²) in [5.74, 6) is 0.772. The van der Waals surface area contributed by atoms with Crippen LogP contribution < -0.4 is 4.84 Å². The third-order valence-corrected chi connectivity index (χ3v) is 1.08. The first-order chi connectivity index (χ1) is 6.29. The quantitative estimate of drug-likeness (QED) is 0.503. The predicted molar refractivity (Wildman–Crippen MR) is 57.2 cm³/mol. The smallest absolute Gasteiger partial charge is 0.157 e. The summed E-state index contributed by atoms with van der Waals surface area (Å²) < 4.78 is 0. The lowest BCUT2D eigenvalue weighted by atomic mass is 10.3. The minimum atomic E-state index is 0.772. The Morgan fingerprint density at radius 3 is 2.08 bits per heavy atom. The van der Waals surface area contributed by atoms with Gasteiger partial charge in [-0.05, 0) is 26.0 Å². The largest absolute Gasteiger partial charge is 0.357 e. The summed E-state index contributed by atoms with van der Waals surface area (Å²) in [5, 5.41) is 3.81. The van der Waals surface area contributed by atoms with E-state index >= 15 is 0 Å². The second-order valence-corrected chi connectivity index (χ2v) is 2.44. The lowest BCUT2D eigenvalue weighted by molar-refractivity contribution is 0.341. The summed E-state index contributed by atoms with van der Waals surface area (Å²) >= 11 is 0. The molecule has 0 fully saturated rings. The topological polar surface area (TPSA) is 21.6 Å². The normalized spacial score (nSPS) is 8.00. The third kappa shape index (κ3) is 5.91. The monoisotopic (exact) mass is 179 g/mol. The van der Waals surface area contributed by atoms with Crippen LogP contribution in [0.3, 0.4) is 0 Å². The van der Waals surface area contributed by atoms with Gasteiger partial charge >= 0.3 is 0 Å². The van der Waals surface area contributed by atoms with Crippen LogP contribution in [0.15, 0.2) is 35.5 Å². The molecule has 1 aromatic rings. The fourth-order valence-corrected chi connectivity index (χ4v) is 0.625. The second-order valence-electron chi connectivity index (χ2n) is 2.44. The Balaban J connectivity index is 0.000000671. The number of oxime groups is 1. The Labute approximate surface area is 80.2 Å². The van der Waals surface area contributed by atoms with E-state index in [-0.39, 0.29) is 0 Å². The van der Waals surface area contributed by atoms with Crippen molar-refractivity contribution in [2.45, 2.75) is 27.7 Å². The van der Waals surface area contributed by atoms with Crippen LogP contribution >= 0.6 is 0 Å². The van der Waals surface area contributed by atoms with Gasteiger partial charge in [0.05, 0.1) is 5.71 Å². The average molecular weight is 179 g/mol. The molecule has 0 radical (unpaired) electrons. The van der Waals surface area contributed by atoms with Crippen LogP contribution in [0.1, 0.15) is 27.7 Å². The van der Waals surface area contributed by atoms with Crippen LogP contribution in [0, 0.1) is 0 Å². The van der Waals surface area contributed by atoms with Crippen molar-refractivity contribution in [1.29, 1.82) is 0 Å². The standard InChI is InChI=1S/C9H11NO.C2H6/c1-8(2)10-11-9-6-4-3-5-7-9;1-2/h3-7H,1-2H3;1-2H3. The highest BCUT2D eigenvalue weighted by molar-refractivity contribution is 5.78. The van der Waals surface area contributed by atoms with E-state index in [9.17, 15) is 0 Å². The molecule has 0 spiro atoms. The highest BCUT2D eigenvalue weighted by Gasteiger charge is 1.86. The molecule has 0 aliphatic heterocycles. The first-order valence-corrected chi connectivity index (χ1v) is 4.52. The molecule has 72 valence electrons. The van der Waals surface area contributed by atoms with Gasteiger partial charge in [-0.25, -0.2) is 0 Å². The van der Waals surface area contributed by atoms with Gasteiger partial charge in [-0.1, -0.05) is 37.2 Å². The summed E-state index contributed by atoms with van der Waals surface area (Å²) in [6.45, 7) is 7.78. The van der Waals surface area contributed by atoms with E-state index in [2.05, 4.69) is 5.16 Å². The van der Waals surface area contributed by atoms with Crippen LogP contribution in [-0.4, -0.2) is 5.71 Å². The molecular weight excluding hydrogens is 162 g/mol. The number of nitrogens with zero attached hydrogens (tertiary/aromatic N) is 1. The number of rotatable bonds is 2. The molecule has 0 bridgehead atoms. The highest BCUT2D eigenvalue weighted by atomic mass is 16.6. The molecule has 0 heterocycles. The highest BCUT2D eigenvalue weighted by Crippen LogP contribution is 2.08. The maximum absolute atomic E-state index is 5.06. The lowest BCUT2D eigenvalue weighted by Gasteiger charge is -1.96. The van der Waals surface area contributed by atoms with Gasteiger partial charge in [0, 0.05) is 0 Å². The number of benzene rings is 1. The van der Waals surface area contributed by atoms with Crippen LogP contribution in [0.2, 0.25) is 0 Å². The van der Waals surface area contributed by atoms with E-state index in [0.717, 1.165) is 11.5 Å². The summed E-state index contributed by atoms with van der Waals surface area (Å²) in [5.41, 5.74) is 0.911. The first-order valence-electron chi connectivity index (χ1n) is 4.52. The van der Waals surface area contributed by atoms with Crippen LogP contribution in [0.4, 0.5) is 0 Å². The molecule has 2 nitrogen and oxygen atoms in total. The zero-order valence-electron chi connectivity index (χ0n) is 8.74. The molecule has 0 aliphatic carbocycles. The molecule has 1 rings (SSSR count). The van der Waals surface area contributed by atoms with E-state index in [1.165, 1.54) is 0 Å². The van der Waals surface area contributed by atoms with Crippen molar-refractivity contribution >= 4 is 5.71 Å². The number of para-hydroxylation sites is 1. The Morgan fingerprint density at radius 1 is 1.08 bits per heavy atom. The molecule has 2 heteroatoms. The summed E-state index contributed by atoms with van der Waals surface area (Å²) in [4.78, 5) is 5.06. The molecule has 0 N–H and O–H groups in total. The third-order valence-electron chi connectivity index (χ3n) is 1.08. The van der Waals surface area contributed by atoms with E-state index in [1.807, 2.05) is 58.0 Å². The second kappa shape index (κ2) is 7.35. The van der Waals surface area contributed by atoms with E-state index < -0.39 is 0 Å². The SMILES string of the molecule is CC.CC(C)=NOc1ccccc1. The van der Waals surface area contributed by atoms with Crippen molar-refractivity contribution < 1.29 is 4.84 Å².